The summed E-state index contributed by atoms with van der Waals surface area (Å²) in [5, 5.41) is 0. The number of halogens is 3. The Labute approximate surface area is 143 Å². The van der Waals surface area contributed by atoms with Gasteiger partial charge in [0.1, 0.15) is 0 Å². The van der Waals surface area contributed by atoms with E-state index >= 15 is 0 Å². The van der Waals surface area contributed by atoms with Gasteiger partial charge in [0.05, 0.1) is 0 Å². The highest BCUT2D eigenvalue weighted by Gasteiger charge is 2.51. The summed E-state index contributed by atoms with van der Waals surface area (Å²) in [6.45, 7) is 1.78. The standard InChI is InChI=1S/C8H14Cl3O5P.H3O2PS/c1-4-5-6(12)16-7(8(9,10)11)17(13,14-2)15-3;1-3(2)4/h7H,4-5H2,1-3H3;3H,(H2,1,2,4). The molecule has 0 aliphatic carbocycles. The topological polar surface area (TPSA) is 102 Å². The molecule has 13 heteroatoms. The lowest BCUT2D eigenvalue weighted by Gasteiger charge is -2.28. The maximum atomic E-state index is 12.1. The molecular formula is C8H17Cl3O7P2S. The first kappa shape index (κ1) is 24.3. The van der Waals surface area contributed by atoms with Crippen LogP contribution < -0.4 is 0 Å². The molecule has 0 bridgehead atoms. The highest BCUT2D eigenvalue weighted by atomic mass is 35.6. The number of hydrogen-bond donors (Lipinski definition) is 2. The van der Waals surface area contributed by atoms with Crippen LogP contribution in [0.15, 0.2) is 0 Å². The zero-order valence-electron chi connectivity index (χ0n) is 11.4. The molecule has 0 saturated carbocycles. The number of carbonyl (C=O) groups is 1. The molecule has 2 N–H and O–H groups in total. The molecule has 7 nitrogen and oxygen atoms in total. The van der Waals surface area contributed by atoms with Crippen molar-refractivity contribution in [2.45, 2.75) is 29.4 Å². The van der Waals surface area contributed by atoms with Crippen LogP contribution in [0, 0.1) is 0 Å². The quantitative estimate of drug-likeness (QED) is 0.380. The Balaban J connectivity index is 0. The number of esters is 1. The summed E-state index contributed by atoms with van der Waals surface area (Å²) in [6, 6.07) is 0. The van der Waals surface area contributed by atoms with Gasteiger partial charge in [0.2, 0.25) is 9.64 Å². The second-order valence-electron chi connectivity index (χ2n) is 3.32. The van der Waals surface area contributed by atoms with Crippen LogP contribution in [0.4, 0.5) is 0 Å². The van der Waals surface area contributed by atoms with Crippen molar-refractivity contribution in [3.63, 3.8) is 0 Å². The summed E-state index contributed by atoms with van der Waals surface area (Å²) >= 11 is 20.7. The molecule has 0 spiro atoms. The van der Waals surface area contributed by atoms with Crippen molar-refractivity contribution in [1.29, 1.82) is 0 Å². The zero-order valence-corrected chi connectivity index (χ0v) is 16.4. The molecule has 0 aromatic heterocycles. The van der Waals surface area contributed by atoms with Crippen molar-refractivity contribution >= 4 is 67.3 Å². The predicted octanol–water partition coefficient (Wildman–Crippen LogP) is 2.99. The summed E-state index contributed by atoms with van der Waals surface area (Å²) in [5.41, 5.74) is 0. The Kier molecular flexibility index (Phi) is 13.4. The van der Waals surface area contributed by atoms with Crippen LogP contribution in [0.3, 0.4) is 0 Å². The van der Waals surface area contributed by atoms with E-state index in [1.165, 1.54) is 0 Å². The molecule has 1 unspecified atom stereocenters. The maximum absolute atomic E-state index is 12.1. The third-order valence-corrected chi connectivity index (χ3v) is 4.91. The first-order valence-electron chi connectivity index (χ1n) is 5.33. The van der Waals surface area contributed by atoms with Gasteiger partial charge in [-0.1, -0.05) is 41.7 Å². The lowest BCUT2D eigenvalue weighted by Crippen LogP contribution is -2.32. The minimum absolute atomic E-state index is 0.116. The van der Waals surface area contributed by atoms with E-state index in [0.29, 0.717) is 6.42 Å². The van der Waals surface area contributed by atoms with Crippen LogP contribution in [-0.4, -0.2) is 39.6 Å². The molecule has 0 fully saturated rings. The van der Waals surface area contributed by atoms with Gasteiger partial charge < -0.3 is 23.6 Å². The summed E-state index contributed by atoms with van der Waals surface area (Å²) in [4.78, 5) is 26.4. The van der Waals surface area contributed by atoms with Crippen molar-refractivity contribution < 1.29 is 32.9 Å². The van der Waals surface area contributed by atoms with Crippen molar-refractivity contribution in [3.05, 3.63) is 0 Å². The molecule has 0 aromatic carbocycles. The lowest BCUT2D eigenvalue weighted by atomic mass is 10.3. The molecule has 0 aliphatic heterocycles. The first-order valence-corrected chi connectivity index (χ1v) is 10.6. The molecule has 128 valence electrons. The van der Waals surface area contributed by atoms with E-state index in [-0.39, 0.29) is 6.42 Å². The van der Waals surface area contributed by atoms with Crippen LogP contribution in [0.5, 0.6) is 0 Å². The number of rotatable bonds is 6. The maximum Gasteiger partial charge on any atom is 0.374 e. The molecule has 0 aromatic rings. The summed E-state index contributed by atoms with van der Waals surface area (Å²) in [5.74, 6) is -2.24. The molecule has 21 heavy (non-hydrogen) atoms. The second kappa shape index (κ2) is 11.6. The van der Waals surface area contributed by atoms with Gasteiger partial charge in [-0.3, -0.25) is 9.36 Å². The fraction of sp³-hybridized carbons (Fsp3) is 0.875. The number of hydrogen-bond acceptors (Lipinski definition) is 6. The molecule has 0 rings (SSSR count). The SMILES string of the molecule is CCCC(=O)OC(C(Cl)(Cl)Cl)P(=O)(OC)OC.O[PH](O)=S. The van der Waals surface area contributed by atoms with Crippen molar-refractivity contribution in [2.75, 3.05) is 14.2 Å². The van der Waals surface area contributed by atoms with Gasteiger partial charge in [-0.15, -0.1) is 0 Å². The van der Waals surface area contributed by atoms with Crippen LogP contribution in [-0.2, 0) is 35.0 Å². The number of carbonyl (C=O) groups excluding carboxylic acids is 1. The van der Waals surface area contributed by atoms with E-state index in [0.717, 1.165) is 14.2 Å². The Morgan fingerprint density at radius 1 is 1.33 bits per heavy atom. The zero-order chi connectivity index (χ0) is 17.3. The predicted molar refractivity (Wildman–Crippen MR) is 86.8 cm³/mol. The minimum Gasteiger partial charge on any atom is -0.445 e. The van der Waals surface area contributed by atoms with Gasteiger partial charge in [0, 0.05) is 20.6 Å². The minimum atomic E-state index is -3.83. The van der Waals surface area contributed by atoms with Crippen molar-refractivity contribution in [2.24, 2.45) is 0 Å². The van der Waals surface area contributed by atoms with E-state index in [1.807, 2.05) is 0 Å². The Bertz CT molecular complexity index is 379. The summed E-state index contributed by atoms with van der Waals surface area (Å²) in [7, 11) is -3.90. The Morgan fingerprint density at radius 2 is 1.71 bits per heavy atom. The molecule has 0 heterocycles. The van der Waals surface area contributed by atoms with Gasteiger partial charge in [0.25, 0.3) is 0 Å². The van der Waals surface area contributed by atoms with Gasteiger partial charge in [-0.05, 0) is 18.2 Å². The monoisotopic (exact) mass is 424 g/mol. The molecule has 0 aliphatic rings. The smallest absolute Gasteiger partial charge is 0.374 e. The van der Waals surface area contributed by atoms with Crippen LogP contribution in [0.1, 0.15) is 19.8 Å². The van der Waals surface area contributed by atoms with E-state index in [2.05, 4.69) is 20.9 Å². The fourth-order valence-corrected chi connectivity index (χ4v) is 3.31. The van der Waals surface area contributed by atoms with Gasteiger partial charge >= 0.3 is 13.6 Å². The van der Waals surface area contributed by atoms with E-state index in [9.17, 15) is 9.36 Å². The van der Waals surface area contributed by atoms with Crippen molar-refractivity contribution in [3.8, 4) is 0 Å². The summed E-state index contributed by atoms with van der Waals surface area (Å²) in [6.07, 6.45) is 0.667. The van der Waals surface area contributed by atoms with E-state index in [1.54, 1.807) is 6.92 Å². The average molecular weight is 426 g/mol. The highest BCUT2D eigenvalue weighted by molar-refractivity contribution is 7.99. The van der Waals surface area contributed by atoms with Crippen LogP contribution >= 0.6 is 49.5 Å². The molecule has 0 amide bonds. The van der Waals surface area contributed by atoms with Crippen molar-refractivity contribution in [1.82, 2.24) is 0 Å². The lowest BCUT2D eigenvalue weighted by molar-refractivity contribution is -0.146. The Morgan fingerprint density at radius 3 is 1.95 bits per heavy atom. The first-order chi connectivity index (χ1) is 9.44. The molecular weight excluding hydrogens is 408 g/mol. The fourth-order valence-electron chi connectivity index (χ4n) is 0.964. The largest absolute Gasteiger partial charge is 0.445 e. The normalized spacial score (nSPS) is 13.4. The average Bonchev–Trinajstić information content (AvgIpc) is 2.33. The van der Waals surface area contributed by atoms with Crippen LogP contribution in [0.2, 0.25) is 0 Å². The molecule has 1 atom stereocenters. The number of ether oxygens (including phenoxy) is 1. The van der Waals surface area contributed by atoms with Crippen LogP contribution in [0.25, 0.3) is 0 Å². The summed E-state index contributed by atoms with van der Waals surface area (Å²) < 4.78 is 24.1. The van der Waals surface area contributed by atoms with Gasteiger partial charge in [-0.2, -0.15) is 0 Å². The van der Waals surface area contributed by atoms with Gasteiger partial charge in [-0.25, -0.2) is 0 Å². The van der Waals surface area contributed by atoms with Gasteiger partial charge in [0.15, 0.2) is 7.15 Å². The van der Waals surface area contributed by atoms with E-state index < -0.39 is 30.4 Å². The second-order valence-corrected chi connectivity index (χ2v) is 9.63. The molecule has 0 radical (unpaired) electrons. The third-order valence-electron chi connectivity index (χ3n) is 1.77. The number of alkyl halides is 3. The highest BCUT2D eigenvalue weighted by Crippen LogP contribution is 2.59. The molecule has 0 saturated heterocycles. The third kappa shape index (κ3) is 11.3. The Hall–Kier alpha value is 1.06. The van der Waals surface area contributed by atoms with E-state index in [4.69, 9.17) is 49.3 Å².